The van der Waals surface area contributed by atoms with Crippen LogP contribution in [0.3, 0.4) is 0 Å². The number of carbonyl (C=O) groups excluding carboxylic acids is 1. The number of esters is 1. The zero-order chi connectivity index (χ0) is 17.7. The number of guanidine groups is 1. The van der Waals surface area contributed by atoms with Gasteiger partial charge in [-0.2, -0.15) is 0 Å². The molecule has 1 aromatic rings. The molecule has 1 saturated heterocycles. The number of nitrogens with zero attached hydrogens (tertiary/aromatic N) is 2. The lowest BCUT2D eigenvalue weighted by molar-refractivity contribution is -0.146. The van der Waals surface area contributed by atoms with Crippen LogP contribution in [0.2, 0.25) is 0 Å². The van der Waals surface area contributed by atoms with Crippen LogP contribution in [-0.2, 0) is 16.0 Å². The van der Waals surface area contributed by atoms with E-state index in [2.05, 4.69) is 45.5 Å². The van der Waals surface area contributed by atoms with E-state index in [1.807, 2.05) is 7.05 Å². The van der Waals surface area contributed by atoms with E-state index in [1.54, 1.807) is 0 Å². The molecule has 1 N–H and O–H groups in total. The van der Waals surface area contributed by atoms with Crippen molar-refractivity contribution in [1.29, 1.82) is 0 Å². The number of aliphatic imine (C=N–C) groups is 1. The Morgan fingerprint density at radius 3 is 2.46 bits per heavy atom. The van der Waals surface area contributed by atoms with Crippen molar-refractivity contribution in [2.45, 2.75) is 32.1 Å². The Morgan fingerprint density at radius 1 is 1.27 bits per heavy atom. The molecule has 2 fully saturated rings. The summed E-state index contributed by atoms with van der Waals surface area (Å²) in [4.78, 5) is 18.4. The first-order chi connectivity index (χ1) is 12.2. The Bertz CT molecular complexity index is 609. The van der Waals surface area contributed by atoms with Crippen molar-refractivity contribution < 1.29 is 9.53 Å². The lowest BCUT2D eigenvalue weighted by atomic mass is 9.96. The van der Waals surface area contributed by atoms with Crippen LogP contribution < -0.4 is 5.32 Å². The molecule has 144 valence electrons. The number of methoxy groups -OCH3 is 1. The second-order valence-electron chi connectivity index (χ2n) is 7.35. The van der Waals surface area contributed by atoms with Crippen LogP contribution in [0.15, 0.2) is 35.3 Å². The van der Waals surface area contributed by atoms with Crippen molar-refractivity contribution in [1.82, 2.24) is 10.2 Å². The van der Waals surface area contributed by atoms with Gasteiger partial charge >= 0.3 is 5.97 Å². The number of likely N-dealkylation sites (tertiary alicyclic amines) is 1. The minimum Gasteiger partial charge on any atom is -0.469 e. The highest BCUT2D eigenvalue weighted by atomic mass is 127. The first-order valence-corrected chi connectivity index (χ1v) is 9.23. The van der Waals surface area contributed by atoms with E-state index in [4.69, 9.17) is 4.74 Å². The van der Waals surface area contributed by atoms with Gasteiger partial charge in [0.25, 0.3) is 0 Å². The quantitative estimate of drug-likeness (QED) is 0.311. The van der Waals surface area contributed by atoms with E-state index in [1.165, 1.54) is 25.5 Å². The predicted octanol–water partition coefficient (Wildman–Crippen LogP) is 3.09. The van der Waals surface area contributed by atoms with Gasteiger partial charge < -0.3 is 15.0 Å². The van der Waals surface area contributed by atoms with Gasteiger partial charge in [0.15, 0.2) is 5.96 Å². The fraction of sp³-hybridized carbons (Fsp3) is 0.600. The first-order valence-electron chi connectivity index (χ1n) is 9.23. The molecule has 1 heterocycles. The SMILES string of the molecule is CN=C(NCC1(Cc2ccccc2)CC1)N1CCC(C(=O)OC)CC1.I. The molecular formula is C20H30IN3O2. The molecule has 1 aromatic carbocycles. The monoisotopic (exact) mass is 471 g/mol. The summed E-state index contributed by atoms with van der Waals surface area (Å²) in [6, 6.07) is 10.7. The molecule has 1 aliphatic heterocycles. The maximum atomic E-state index is 11.7. The minimum absolute atomic E-state index is 0. The third-order valence-corrected chi connectivity index (χ3v) is 5.54. The molecule has 3 rings (SSSR count). The zero-order valence-electron chi connectivity index (χ0n) is 15.7. The van der Waals surface area contributed by atoms with Gasteiger partial charge in [0.05, 0.1) is 13.0 Å². The number of halogens is 1. The molecule has 6 heteroatoms. The van der Waals surface area contributed by atoms with Gasteiger partial charge in [-0.1, -0.05) is 30.3 Å². The average molecular weight is 471 g/mol. The highest BCUT2D eigenvalue weighted by molar-refractivity contribution is 14.0. The molecule has 2 aliphatic rings. The predicted molar refractivity (Wildman–Crippen MR) is 115 cm³/mol. The third-order valence-electron chi connectivity index (χ3n) is 5.54. The zero-order valence-corrected chi connectivity index (χ0v) is 18.1. The number of nitrogens with one attached hydrogen (secondary N) is 1. The number of carbonyl (C=O) groups is 1. The summed E-state index contributed by atoms with van der Waals surface area (Å²) in [5, 5.41) is 3.58. The maximum absolute atomic E-state index is 11.7. The topological polar surface area (TPSA) is 53.9 Å². The second-order valence-corrected chi connectivity index (χ2v) is 7.35. The maximum Gasteiger partial charge on any atom is 0.308 e. The number of hydrogen-bond donors (Lipinski definition) is 1. The summed E-state index contributed by atoms with van der Waals surface area (Å²) in [7, 11) is 3.31. The lowest BCUT2D eigenvalue weighted by Gasteiger charge is -2.33. The number of rotatable bonds is 5. The van der Waals surface area contributed by atoms with E-state index in [0.717, 1.165) is 44.9 Å². The fourth-order valence-corrected chi connectivity index (χ4v) is 3.71. The van der Waals surface area contributed by atoms with Gasteiger partial charge in [0.2, 0.25) is 0 Å². The molecule has 0 aromatic heterocycles. The van der Waals surface area contributed by atoms with Gasteiger partial charge in [-0.15, -0.1) is 24.0 Å². The van der Waals surface area contributed by atoms with Crippen LogP contribution in [-0.4, -0.2) is 50.6 Å². The van der Waals surface area contributed by atoms with Crippen molar-refractivity contribution in [3.63, 3.8) is 0 Å². The van der Waals surface area contributed by atoms with Crippen molar-refractivity contribution in [2.75, 3.05) is 33.8 Å². The highest BCUT2D eigenvalue weighted by Crippen LogP contribution is 2.47. The number of benzene rings is 1. The third kappa shape index (κ3) is 5.34. The lowest BCUT2D eigenvalue weighted by Crippen LogP contribution is -2.48. The summed E-state index contributed by atoms with van der Waals surface area (Å²) in [6.45, 7) is 2.67. The van der Waals surface area contributed by atoms with Crippen molar-refractivity contribution in [3.05, 3.63) is 35.9 Å². The molecular weight excluding hydrogens is 441 g/mol. The van der Waals surface area contributed by atoms with Crippen molar-refractivity contribution >= 4 is 35.9 Å². The van der Waals surface area contributed by atoms with E-state index in [-0.39, 0.29) is 35.9 Å². The summed E-state index contributed by atoms with van der Waals surface area (Å²) in [5.41, 5.74) is 1.79. The summed E-state index contributed by atoms with van der Waals surface area (Å²) >= 11 is 0. The first kappa shape index (κ1) is 21.0. The number of piperidine rings is 1. The largest absolute Gasteiger partial charge is 0.469 e. The average Bonchev–Trinajstić information content (AvgIpc) is 3.42. The molecule has 0 radical (unpaired) electrons. The normalized spacial score (nSPS) is 19.5. The van der Waals surface area contributed by atoms with Crippen molar-refractivity contribution in [2.24, 2.45) is 16.3 Å². The van der Waals surface area contributed by atoms with E-state index in [0.29, 0.717) is 5.41 Å². The van der Waals surface area contributed by atoms with Gasteiger partial charge in [-0.05, 0) is 43.1 Å². The van der Waals surface area contributed by atoms with E-state index in [9.17, 15) is 4.79 Å². The Morgan fingerprint density at radius 2 is 1.92 bits per heavy atom. The van der Waals surface area contributed by atoms with Crippen LogP contribution in [0.5, 0.6) is 0 Å². The van der Waals surface area contributed by atoms with Gasteiger partial charge in [0, 0.05) is 26.7 Å². The molecule has 1 saturated carbocycles. The molecule has 0 spiro atoms. The van der Waals surface area contributed by atoms with Gasteiger partial charge in [0.1, 0.15) is 0 Å². The fourth-order valence-electron chi connectivity index (χ4n) is 3.71. The Balaban J connectivity index is 0.00000243. The number of ether oxygens (including phenoxy) is 1. The summed E-state index contributed by atoms with van der Waals surface area (Å²) in [6.07, 6.45) is 5.35. The summed E-state index contributed by atoms with van der Waals surface area (Å²) in [5.74, 6) is 0.914. The van der Waals surface area contributed by atoms with Crippen LogP contribution in [0, 0.1) is 11.3 Å². The van der Waals surface area contributed by atoms with Crippen LogP contribution in [0.4, 0.5) is 0 Å². The standard InChI is InChI=1S/C20H29N3O2.HI/c1-21-19(23-12-8-17(9-13-23)18(24)25-2)22-15-20(10-11-20)14-16-6-4-3-5-7-16;/h3-7,17H,8-15H2,1-2H3,(H,21,22);1H. The molecule has 0 unspecified atom stereocenters. The molecule has 5 nitrogen and oxygen atoms in total. The molecule has 26 heavy (non-hydrogen) atoms. The number of hydrogen-bond acceptors (Lipinski definition) is 3. The minimum atomic E-state index is -0.0811. The van der Waals surface area contributed by atoms with Gasteiger partial charge in [-0.25, -0.2) is 0 Å². The van der Waals surface area contributed by atoms with Crippen LogP contribution in [0.25, 0.3) is 0 Å². The van der Waals surface area contributed by atoms with Gasteiger partial charge in [-0.3, -0.25) is 9.79 Å². The summed E-state index contributed by atoms with van der Waals surface area (Å²) < 4.78 is 4.87. The molecule has 0 bridgehead atoms. The van der Waals surface area contributed by atoms with Crippen LogP contribution in [0.1, 0.15) is 31.2 Å². The highest BCUT2D eigenvalue weighted by Gasteiger charge is 2.42. The molecule has 0 amide bonds. The molecule has 1 aliphatic carbocycles. The Hall–Kier alpha value is -1.31. The van der Waals surface area contributed by atoms with Crippen LogP contribution >= 0.6 is 24.0 Å². The van der Waals surface area contributed by atoms with E-state index >= 15 is 0 Å². The second kappa shape index (κ2) is 9.58. The Labute approximate surface area is 173 Å². The smallest absolute Gasteiger partial charge is 0.308 e. The molecule has 0 atom stereocenters. The Kier molecular flexibility index (Phi) is 7.73. The van der Waals surface area contributed by atoms with E-state index < -0.39 is 0 Å². The van der Waals surface area contributed by atoms with Crippen molar-refractivity contribution in [3.8, 4) is 0 Å².